The van der Waals surface area contributed by atoms with Gasteiger partial charge < -0.3 is 16.2 Å². The van der Waals surface area contributed by atoms with E-state index in [-0.39, 0.29) is 16.7 Å². The first-order valence-corrected chi connectivity index (χ1v) is 10.6. The lowest BCUT2D eigenvalue weighted by molar-refractivity contribution is -0.155. The minimum absolute atomic E-state index is 0.110. The maximum atomic E-state index is 12.6. The molecule has 12 nitrogen and oxygen atoms in total. The van der Waals surface area contributed by atoms with Gasteiger partial charge in [-0.15, -0.1) is 10.2 Å². The number of nitrogens with one attached hydrogen (secondary N) is 2. The number of rotatable bonds is 6. The van der Waals surface area contributed by atoms with Crippen molar-refractivity contribution < 1.29 is 19.5 Å². The van der Waals surface area contributed by atoms with Gasteiger partial charge in [0.25, 0.3) is 11.8 Å². The van der Waals surface area contributed by atoms with Gasteiger partial charge in [0.1, 0.15) is 17.2 Å². The Labute approximate surface area is 174 Å². The summed E-state index contributed by atoms with van der Waals surface area (Å²) in [4.78, 5) is 42.2. The normalized spacial score (nSPS) is 20.8. The lowest BCUT2D eigenvalue weighted by Crippen LogP contribution is -2.72. The Hall–Kier alpha value is -2.91. The number of carbonyl (C=O) groups is 3. The third-order valence-electron chi connectivity index (χ3n) is 4.32. The van der Waals surface area contributed by atoms with E-state index in [4.69, 9.17) is 11.1 Å². The molecule has 2 aliphatic heterocycles. The maximum absolute atomic E-state index is 12.6. The molecule has 2 aromatic heterocycles. The van der Waals surface area contributed by atoms with Crippen LogP contribution < -0.4 is 11.1 Å². The molecule has 0 spiro atoms. The van der Waals surface area contributed by atoms with Crippen LogP contribution in [0.1, 0.15) is 18.7 Å². The van der Waals surface area contributed by atoms with Crippen LogP contribution in [-0.2, 0) is 14.4 Å². The van der Waals surface area contributed by atoms with Crippen LogP contribution >= 0.6 is 34.6 Å². The number of hydrogen-bond donors (Lipinski definition) is 4. The molecule has 5 N–H and O–H groups in total. The number of anilines is 1. The molecule has 0 unspecified atom stereocenters. The maximum Gasteiger partial charge on any atom is 0.353 e. The summed E-state index contributed by atoms with van der Waals surface area (Å²) in [5.74, 6) is -2.72. The minimum Gasteiger partial charge on any atom is -0.477 e. The van der Waals surface area contributed by atoms with Gasteiger partial charge in [0.05, 0.1) is 6.04 Å². The second kappa shape index (κ2) is 7.49. The van der Waals surface area contributed by atoms with Crippen LogP contribution in [0.2, 0.25) is 0 Å². The first kappa shape index (κ1) is 19.4. The quantitative estimate of drug-likeness (QED) is 0.341. The van der Waals surface area contributed by atoms with E-state index in [2.05, 4.69) is 24.9 Å². The number of thioether (sulfide) groups is 1. The minimum atomic E-state index is -1.23. The number of aliphatic carboxylic acids is 1. The third-order valence-corrected chi connectivity index (χ3v) is 6.79. The second-order valence-electron chi connectivity index (χ2n) is 5.98. The van der Waals surface area contributed by atoms with E-state index in [1.807, 2.05) is 0 Å². The number of nitrogens with zero attached hydrogens (tertiary/aromatic N) is 5. The second-order valence-corrected chi connectivity index (χ2v) is 8.94. The molecule has 0 bridgehead atoms. The van der Waals surface area contributed by atoms with Gasteiger partial charge in [0, 0.05) is 16.4 Å². The molecule has 2 atom stereocenters. The van der Waals surface area contributed by atoms with E-state index in [9.17, 15) is 19.5 Å². The Morgan fingerprint density at radius 1 is 1.45 bits per heavy atom. The summed E-state index contributed by atoms with van der Waals surface area (Å²) >= 11 is 3.29. The highest BCUT2D eigenvalue weighted by atomic mass is 32.2. The van der Waals surface area contributed by atoms with Crippen LogP contribution in [0.4, 0.5) is 5.13 Å². The van der Waals surface area contributed by atoms with Crippen LogP contribution in [0.25, 0.3) is 0 Å². The van der Waals surface area contributed by atoms with Gasteiger partial charge in [-0.1, -0.05) is 23.1 Å². The number of carbonyl (C=O) groups excluding carboxylic acids is 2. The van der Waals surface area contributed by atoms with E-state index in [1.54, 1.807) is 0 Å². The van der Waals surface area contributed by atoms with Gasteiger partial charge in [0.15, 0.2) is 21.0 Å². The van der Waals surface area contributed by atoms with E-state index >= 15 is 0 Å². The summed E-state index contributed by atoms with van der Waals surface area (Å²) in [5.41, 5.74) is 6.37. The Kier molecular flexibility index (Phi) is 5.01. The fourth-order valence-electron chi connectivity index (χ4n) is 3.09. The van der Waals surface area contributed by atoms with Crippen molar-refractivity contribution in [1.29, 1.82) is 5.41 Å². The first-order chi connectivity index (χ1) is 13.9. The monoisotopic (exact) mass is 452 g/mol. The van der Waals surface area contributed by atoms with E-state index in [0.717, 1.165) is 11.5 Å². The summed E-state index contributed by atoms with van der Waals surface area (Å²) < 4.78 is 4.38. The van der Waals surface area contributed by atoms with Crippen LogP contribution in [0.15, 0.2) is 20.5 Å². The van der Waals surface area contributed by atoms with Crippen molar-refractivity contribution in [2.75, 3.05) is 5.73 Å². The highest BCUT2D eigenvalue weighted by Crippen LogP contribution is 2.43. The number of nitrogens with two attached hydrogens (primary N) is 1. The summed E-state index contributed by atoms with van der Waals surface area (Å²) in [5, 5.41) is 27.7. The Bertz CT molecular complexity index is 1050. The van der Waals surface area contributed by atoms with Gasteiger partial charge in [-0.2, -0.15) is 9.36 Å². The van der Waals surface area contributed by atoms with Crippen LogP contribution in [-0.4, -0.2) is 65.1 Å². The Morgan fingerprint density at radius 2 is 2.24 bits per heavy atom. The van der Waals surface area contributed by atoms with Gasteiger partial charge in [-0.05, 0) is 12.8 Å². The standard InChI is InChI=1S/C14H12N8O4S3/c15-6(9-19-13(16)29-21-9)10(23)18-7-4-1-2-5(28-14-20-17-3-27-14)8(12(25)26)22(4)11(7)24/h3-4,7,15H,1-2H2,(H,18,23)(H,25,26)(H2,16,19,21)/t4-,7+/m1/s1. The number of β-lactam (4-membered cyclic amide) rings is 1. The molecule has 0 aromatic carbocycles. The summed E-state index contributed by atoms with van der Waals surface area (Å²) in [6.07, 6.45) is 0.873. The lowest BCUT2D eigenvalue weighted by atomic mass is 9.86. The van der Waals surface area contributed by atoms with Gasteiger partial charge in [0.2, 0.25) is 0 Å². The van der Waals surface area contributed by atoms with Crippen molar-refractivity contribution in [2.45, 2.75) is 29.3 Å². The average Bonchev–Trinajstić information content (AvgIpc) is 3.36. The van der Waals surface area contributed by atoms with Crippen molar-refractivity contribution in [1.82, 2.24) is 29.8 Å². The number of aromatic nitrogens is 4. The molecule has 29 heavy (non-hydrogen) atoms. The number of amides is 2. The Balaban J connectivity index is 1.50. The summed E-state index contributed by atoms with van der Waals surface area (Å²) in [6.45, 7) is 0. The third kappa shape index (κ3) is 3.47. The number of carboxylic acids is 1. The fraction of sp³-hybridized carbons (Fsp3) is 0.286. The first-order valence-electron chi connectivity index (χ1n) is 8.09. The van der Waals surface area contributed by atoms with Gasteiger partial charge in [-0.25, -0.2) is 4.79 Å². The molecule has 4 rings (SSSR count). The van der Waals surface area contributed by atoms with Gasteiger partial charge in [-0.3, -0.25) is 19.9 Å². The average molecular weight is 453 g/mol. The molecule has 1 fully saturated rings. The predicted molar refractivity (Wildman–Crippen MR) is 103 cm³/mol. The number of fused-ring (bicyclic) bond motifs is 1. The number of nitrogen functional groups attached to an aromatic ring is 1. The van der Waals surface area contributed by atoms with Crippen LogP contribution in [0.5, 0.6) is 0 Å². The molecule has 0 radical (unpaired) electrons. The smallest absolute Gasteiger partial charge is 0.353 e. The molecule has 2 amide bonds. The van der Waals surface area contributed by atoms with Crippen LogP contribution in [0.3, 0.4) is 0 Å². The highest BCUT2D eigenvalue weighted by Gasteiger charge is 2.53. The number of allylic oxidation sites excluding steroid dienone is 1. The molecular formula is C14H12N8O4S3. The van der Waals surface area contributed by atoms with Crippen molar-refractivity contribution in [2.24, 2.45) is 0 Å². The van der Waals surface area contributed by atoms with Crippen molar-refractivity contribution >= 4 is 63.3 Å². The van der Waals surface area contributed by atoms with Crippen LogP contribution in [0, 0.1) is 5.41 Å². The van der Waals surface area contributed by atoms with Crippen molar-refractivity contribution in [3.8, 4) is 0 Å². The molecule has 1 saturated heterocycles. The zero-order chi connectivity index (χ0) is 20.7. The summed E-state index contributed by atoms with van der Waals surface area (Å²) in [7, 11) is 0. The van der Waals surface area contributed by atoms with E-state index < -0.39 is 35.6 Å². The topological polar surface area (TPSA) is 188 Å². The predicted octanol–water partition coefficient (Wildman–Crippen LogP) is -0.0824. The summed E-state index contributed by atoms with van der Waals surface area (Å²) in [6, 6.07) is -1.42. The molecule has 0 saturated carbocycles. The highest BCUT2D eigenvalue weighted by molar-refractivity contribution is 8.04. The molecular weight excluding hydrogens is 440 g/mol. The Morgan fingerprint density at radius 3 is 2.86 bits per heavy atom. The SMILES string of the molecule is N=C(C(=O)N[C@@H]1C(=O)N2C(C(=O)O)=C(Sc3nncs3)CC[C@H]12)c1nsc(N)n1. The van der Waals surface area contributed by atoms with Gasteiger partial charge >= 0.3 is 5.97 Å². The zero-order valence-electron chi connectivity index (χ0n) is 14.4. The van der Waals surface area contributed by atoms with E-state index in [1.165, 1.54) is 33.5 Å². The molecule has 15 heteroatoms. The van der Waals surface area contributed by atoms with Crippen molar-refractivity contribution in [3.63, 3.8) is 0 Å². The van der Waals surface area contributed by atoms with E-state index in [0.29, 0.717) is 22.1 Å². The molecule has 2 aliphatic rings. The molecule has 2 aromatic rings. The molecule has 0 aliphatic carbocycles. The molecule has 150 valence electrons. The van der Waals surface area contributed by atoms with Crippen molar-refractivity contribution in [3.05, 3.63) is 21.9 Å². The number of carboxylic acid groups (broad SMARTS) is 1. The fourth-order valence-corrected chi connectivity index (χ4v) is 5.23. The molecule has 4 heterocycles. The number of hydrogen-bond acceptors (Lipinski definition) is 12. The lowest BCUT2D eigenvalue weighted by Gasteiger charge is -2.49. The zero-order valence-corrected chi connectivity index (χ0v) is 16.8. The largest absolute Gasteiger partial charge is 0.477 e.